The van der Waals surface area contributed by atoms with Gasteiger partial charge in [0.2, 0.25) is 0 Å². The Bertz CT molecular complexity index is 324. The summed E-state index contributed by atoms with van der Waals surface area (Å²) in [6.07, 6.45) is -4.00. The van der Waals surface area contributed by atoms with E-state index >= 15 is 0 Å². The number of alkyl halides is 2. The summed E-state index contributed by atoms with van der Waals surface area (Å²) in [4.78, 5) is 10.5. The minimum absolute atomic E-state index is 0.162. The Labute approximate surface area is 79.2 Å². The van der Waals surface area contributed by atoms with Gasteiger partial charge in [0.25, 0.3) is 12.3 Å². The van der Waals surface area contributed by atoms with E-state index in [4.69, 9.17) is 10.8 Å². The van der Waals surface area contributed by atoms with Crippen molar-refractivity contribution in [1.29, 1.82) is 0 Å². The molecule has 76 valence electrons. The zero-order valence-corrected chi connectivity index (χ0v) is 7.15. The van der Waals surface area contributed by atoms with Gasteiger partial charge >= 0.3 is 0 Å². The van der Waals surface area contributed by atoms with E-state index in [-0.39, 0.29) is 11.1 Å². The Morgan fingerprint density at radius 1 is 1.21 bits per heavy atom. The Morgan fingerprint density at radius 2 is 1.64 bits per heavy atom. The maximum Gasteiger partial charge on any atom is 0.263 e. The number of halogens is 2. The summed E-state index contributed by atoms with van der Waals surface area (Å²) >= 11 is 0. The van der Waals surface area contributed by atoms with Crippen molar-refractivity contribution in [2.45, 2.75) is 12.5 Å². The van der Waals surface area contributed by atoms with Crippen LogP contribution in [0, 0.1) is 0 Å². The lowest BCUT2D eigenvalue weighted by atomic mass is 10.1. The van der Waals surface area contributed by atoms with Crippen molar-refractivity contribution >= 4 is 5.91 Å². The zero-order chi connectivity index (χ0) is 10.7. The molecule has 0 saturated heterocycles. The molecule has 3 nitrogen and oxygen atoms in total. The normalized spacial score (nSPS) is 12.9. The van der Waals surface area contributed by atoms with E-state index < -0.39 is 18.4 Å². The SMILES string of the molecule is NC(=O)C(O)c1ccc(C(F)F)cc1. The molecule has 0 fully saturated rings. The van der Waals surface area contributed by atoms with Gasteiger partial charge in [-0.2, -0.15) is 0 Å². The lowest BCUT2D eigenvalue weighted by Gasteiger charge is -2.07. The van der Waals surface area contributed by atoms with E-state index in [0.29, 0.717) is 0 Å². The lowest BCUT2D eigenvalue weighted by molar-refractivity contribution is -0.126. The highest BCUT2D eigenvalue weighted by Gasteiger charge is 2.14. The maximum atomic E-state index is 12.1. The third-order valence-electron chi connectivity index (χ3n) is 1.77. The zero-order valence-electron chi connectivity index (χ0n) is 7.15. The van der Waals surface area contributed by atoms with Gasteiger partial charge in [-0.25, -0.2) is 8.78 Å². The van der Waals surface area contributed by atoms with E-state index in [1.54, 1.807) is 0 Å². The number of hydrogen-bond donors (Lipinski definition) is 2. The number of carbonyl (C=O) groups is 1. The third-order valence-corrected chi connectivity index (χ3v) is 1.77. The van der Waals surface area contributed by atoms with Crippen molar-refractivity contribution in [3.8, 4) is 0 Å². The molecular formula is C9H9F2NO2. The number of hydrogen-bond acceptors (Lipinski definition) is 2. The average Bonchev–Trinajstić information content (AvgIpc) is 2.16. The number of aliphatic hydroxyl groups is 1. The summed E-state index contributed by atoms with van der Waals surface area (Å²) in [6, 6.07) is 4.78. The average molecular weight is 201 g/mol. The largest absolute Gasteiger partial charge is 0.378 e. The number of carbonyl (C=O) groups excluding carboxylic acids is 1. The van der Waals surface area contributed by atoms with Crippen LogP contribution in [0.5, 0.6) is 0 Å². The van der Waals surface area contributed by atoms with Crippen LogP contribution in [0.25, 0.3) is 0 Å². The second-order valence-corrected chi connectivity index (χ2v) is 2.77. The van der Waals surface area contributed by atoms with Crippen LogP contribution in [0.2, 0.25) is 0 Å². The molecule has 3 N–H and O–H groups in total. The molecule has 0 saturated carbocycles. The standard InChI is InChI=1S/C9H9F2NO2/c10-8(11)6-3-1-5(2-4-6)7(13)9(12)14/h1-4,7-8,13H,(H2,12,14). The molecule has 1 aromatic rings. The number of nitrogens with two attached hydrogens (primary N) is 1. The van der Waals surface area contributed by atoms with Crippen molar-refractivity contribution < 1.29 is 18.7 Å². The lowest BCUT2D eigenvalue weighted by Crippen LogP contribution is -2.20. The first-order valence-electron chi connectivity index (χ1n) is 3.87. The topological polar surface area (TPSA) is 63.3 Å². The van der Waals surface area contributed by atoms with Crippen LogP contribution >= 0.6 is 0 Å². The van der Waals surface area contributed by atoms with E-state index in [1.807, 2.05) is 0 Å². The van der Waals surface area contributed by atoms with Gasteiger partial charge in [-0.1, -0.05) is 24.3 Å². The van der Waals surface area contributed by atoms with E-state index in [1.165, 1.54) is 12.1 Å². The number of amides is 1. The second kappa shape index (κ2) is 4.15. The molecule has 0 radical (unpaired) electrons. The fraction of sp³-hybridized carbons (Fsp3) is 0.222. The van der Waals surface area contributed by atoms with Gasteiger partial charge in [0.1, 0.15) is 0 Å². The molecule has 0 bridgehead atoms. The van der Waals surface area contributed by atoms with Crippen molar-refractivity contribution in [2.75, 3.05) is 0 Å². The Balaban J connectivity index is 2.88. The molecule has 1 aromatic carbocycles. The highest BCUT2D eigenvalue weighted by atomic mass is 19.3. The molecular weight excluding hydrogens is 192 g/mol. The smallest absolute Gasteiger partial charge is 0.263 e. The van der Waals surface area contributed by atoms with Crippen LogP contribution in [-0.4, -0.2) is 11.0 Å². The third kappa shape index (κ3) is 2.26. The summed E-state index contributed by atoms with van der Waals surface area (Å²) in [7, 11) is 0. The van der Waals surface area contributed by atoms with Crippen LogP contribution in [-0.2, 0) is 4.79 Å². The van der Waals surface area contributed by atoms with E-state index in [2.05, 4.69) is 0 Å². The van der Waals surface area contributed by atoms with Crippen LogP contribution in [0.15, 0.2) is 24.3 Å². The summed E-state index contributed by atoms with van der Waals surface area (Å²) in [6.45, 7) is 0. The van der Waals surface area contributed by atoms with Crippen LogP contribution < -0.4 is 5.73 Å². The first-order valence-corrected chi connectivity index (χ1v) is 3.87. The summed E-state index contributed by atoms with van der Waals surface area (Å²) < 4.78 is 24.2. The van der Waals surface area contributed by atoms with Gasteiger partial charge in [0.15, 0.2) is 6.10 Å². The van der Waals surface area contributed by atoms with Crippen LogP contribution in [0.4, 0.5) is 8.78 Å². The quantitative estimate of drug-likeness (QED) is 0.770. The van der Waals surface area contributed by atoms with Gasteiger partial charge in [-0.15, -0.1) is 0 Å². The molecule has 0 aliphatic rings. The van der Waals surface area contributed by atoms with Gasteiger partial charge in [-0.05, 0) is 5.56 Å². The first kappa shape index (κ1) is 10.6. The molecule has 0 spiro atoms. The highest BCUT2D eigenvalue weighted by Crippen LogP contribution is 2.20. The van der Waals surface area contributed by atoms with Gasteiger partial charge in [0, 0.05) is 5.56 Å². The Kier molecular flexibility index (Phi) is 3.14. The van der Waals surface area contributed by atoms with Crippen LogP contribution in [0.3, 0.4) is 0 Å². The summed E-state index contributed by atoms with van der Waals surface area (Å²) in [5.41, 5.74) is 4.88. The number of primary amides is 1. The van der Waals surface area contributed by atoms with Crippen LogP contribution in [0.1, 0.15) is 23.7 Å². The van der Waals surface area contributed by atoms with Crippen molar-refractivity contribution in [2.24, 2.45) is 5.73 Å². The first-order chi connectivity index (χ1) is 6.52. The Hall–Kier alpha value is -1.49. The maximum absolute atomic E-state index is 12.1. The predicted molar refractivity (Wildman–Crippen MR) is 45.6 cm³/mol. The van der Waals surface area contributed by atoms with Gasteiger partial charge in [-0.3, -0.25) is 4.79 Å². The molecule has 1 amide bonds. The van der Waals surface area contributed by atoms with Gasteiger partial charge in [0.05, 0.1) is 0 Å². The molecule has 0 aliphatic carbocycles. The van der Waals surface area contributed by atoms with Crippen molar-refractivity contribution in [3.05, 3.63) is 35.4 Å². The molecule has 14 heavy (non-hydrogen) atoms. The van der Waals surface area contributed by atoms with E-state index in [0.717, 1.165) is 12.1 Å². The van der Waals surface area contributed by atoms with Crippen molar-refractivity contribution in [1.82, 2.24) is 0 Å². The van der Waals surface area contributed by atoms with Crippen molar-refractivity contribution in [3.63, 3.8) is 0 Å². The second-order valence-electron chi connectivity index (χ2n) is 2.77. The number of aliphatic hydroxyl groups excluding tert-OH is 1. The predicted octanol–water partition coefficient (Wildman–Crippen LogP) is 1.14. The molecule has 0 aliphatic heterocycles. The highest BCUT2D eigenvalue weighted by molar-refractivity contribution is 5.80. The minimum atomic E-state index is -2.56. The van der Waals surface area contributed by atoms with Gasteiger partial charge < -0.3 is 10.8 Å². The minimum Gasteiger partial charge on any atom is -0.378 e. The Morgan fingerprint density at radius 3 is 2.00 bits per heavy atom. The number of benzene rings is 1. The monoisotopic (exact) mass is 201 g/mol. The van der Waals surface area contributed by atoms with E-state index in [9.17, 15) is 13.6 Å². The molecule has 1 unspecified atom stereocenters. The fourth-order valence-corrected chi connectivity index (χ4v) is 0.988. The number of rotatable bonds is 3. The molecule has 0 aromatic heterocycles. The fourth-order valence-electron chi connectivity index (χ4n) is 0.988. The molecule has 5 heteroatoms. The molecule has 0 heterocycles. The summed E-state index contributed by atoms with van der Waals surface area (Å²) in [5, 5.41) is 9.17. The summed E-state index contributed by atoms with van der Waals surface area (Å²) in [5.74, 6) is -0.908. The molecule has 1 rings (SSSR count). The molecule has 1 atom stereocenters.